The second-order valence-electron chi connectivity index (χ2n) is 8.31. The van der Waals surface area contributed by atoms with E-state index in [1.807, 2.05) is 37.3 Å². The molecule has 0 saturated heterocycles. The highest BCUT2D eigenvalue weighted by atomic mass is 19.1. The summed E-state index contributed by atoms with van der Waals surface area (Å²) < 4.78 is 19.4. The van der Waals surface area contributed by atoms with Crippen LogP contribution in [0, 0.1) is 5.82 Å². The number of benzene rings is 2. The third kappa shape index (κ3) is 6.81. The SMILES string of the molecule is CC[C@@H](C(=O)NC1CCCCC1)N(CCc1ccccc1)C(=O)COc1ccccc1F. The van der Waals surface area contributed by atoms with Crippen LogP contribution in [0.15, 0.2) is 54.6 Å². The molecule has 0 bridgehead atoms. The van der Waals surface area contributed by atoms with Crippen LogP contribution in [-0.2, 0) is 16.0 Å². The molecule has 1 aliphatic rings. The first-order valence-electron chi connectivity index (χ1n) is 11.6. The van der Waals surface area contributed by atoms with Crippen molar-refractivity contribution in [3.8, 4) is 5.75 Å². The lowest BCUT2D eigenvalue weighted by molar-refractivity contribution is -0.142. The maximum atomic E-state index is 13.9. The molecule has 0 aromatic heterocycles. The molecule has 0 radical (unpaired) electrons. The molecule has 1 N–H and O–H groups in total. The van der Waals surface area contributed by atoms with Gasteiger partial charge < -0.3 is 15.0 Å². The molecule has 1 atom stereocenters. The Morgan fingerprint density at radius 2 is 1.75 bits per heavy atom. The van der Waals surface area contributed by atoms with E-state index in [0.717, 1.165) is 31.2 Å². The van der Waals surface area contributed by atoms with E-state index < -0.39 is 11.9 Å². The number of rotatable bonds is 10. The van der Waals surface area contributed by atoms with E-state index in [1.54, 1.807) is 17.0 Å². The Hall–Kier alpha value is -2.89. The van der Waals surface area contributed by atoms with Gasteiger partial charge >= 0.3 is 0 Å². The van der Waals surface area contributed by atoms with Gasteiger partial charge in [0.05, 0.1) is 0 Å². The Labute approximate surface area is 190 Å². The number of hydrogen-bond donors (Lipinski definition) is 1. The first-order valence-corrected chi connectivity index (χ1v) is 11.6. The summed E-state index contributed by atoms with van der Waals surface area (Å²) in [6.45, 7) is 1.98. The van der Waals surface area contributed by atoms with Crippen molar-refractivity contribution in [1.82, 2.24) is 10.2 Å². The molecule has 1 fully saturated rings. The fourth-order valence-electron chi connectivity index (χ4n) is 4.22. The van der Waals surface area contributed by atoms with E-state index >= 15 is 0 Å². The Morgan fingerprint density at radius 3 is 2.44 bits per heavy atom. The Bertz CT molecular complexity index is 868. The molecule has 172 valence electrons. The molecule has 3 rings (SSSR count). The summed E-state index contributed by atoms with van der Waals surface area (Å²) in [5, 5.41) is 3.15. The average Bonchev–Trinajstić information content (AvgIpc) is 2.82. The van der Waals surface area contributed by atoms with Crippen molar-refractivity contribution in [3.63, 3.8) is 0 Å². The van der Waals surface area contributed by atoms with Gasteiger partial charge in [-0.3, -0.25) is 9.59 Å². The van der Waals surface area contributed by atoms with Crippen molar-refractivity contribution in [1.29, 1.82) is 0 Å². The third-order valence-corrected chi connectivity index (χ3v) is 6.01. The minimum absolute atomic E-state index is 0.0311. The highest BCUT2D eigenvalue weighted by Crippen LogP contribution is 2.19. The van der Waals surface area contributed by atoms with Crippen molar-refractivity contribution in [2.45, 2.75) is 64.0 Å². The van der Waals surface area contributed by atoms with E-state index in [1.165, 1.54) is 18.6 Å². The molecule has 1 saturated carbocycles. The largest absolute Gasteiger partial charge is 0.481 e. The van der Waals surface area contributed by atoms with Crippen molar-refractivity contribution in [2.24, 2.45) is 0 Å². The van der Waals surface area contributed by atoms with Gasteiger partial charge in [-0.15, -0.1) is 0 Å². The number of halogens is 1. The van der Waals surface area contributed by atoms with Crippen LogP contribution in [0.1, 0.15) is 51.0 Å². The van der Waals surface area contributed by atoms with Crippen LogP contribution in [-0.4, -0.2) is 41.9 Å². The van der Waals surface area contributed by atoms with Gasteiger partial charge in [0, 0.05) is 12.6 Å². The first-order chi connectivity index (χ1) is 15.6. The van der Waals surface area contributed by atoms with Gasteiger partial charge in [0.25, 0.3) is 5.91 Å². The molecule has 0 heterocycles. The van der Waals surface area contributed by atoms with Crippen molar-refractivity contribution < 1.29 is 18.7 Å². The van der Waals surface area contributed by atoms with Crippen LogP contribution in [0.2, 0.25) is 0 Å². The fourth-order valence-corrected chi connectivity index (χ4v) is 4.22. The molecule has 0 aliphatic heterocycles. The van der Waals surface area contributed by atoms with E-state index in [4.69, 9.17) is 4.74 Å². The molecule has 6 heteroatoms. The summed E-state index contributed by atoms with van der Waals surface area (Å²) in [4.78, 5) is 27.9. The number of carbonyl (C=O) groups is 2. The van der Waals surface area contributed by atoms with Crippen LogP contribution in [0.25, 0.3) is 0 Å². The number of para-hydroxylation sites is 1. The summed E-state index contributed by atoms with van der Waals surface area (Å²) in [6, 6.07) is 15.4. The third-order valence-electron chi connectivity index (χ3n) is 6.01. The van der Waals surface area contributed by atoms with Gasteiger partial charge in [-0.05, 0) is 43.4 Å². The van der Waals surface area contributed by atoms with Crippen molar-refractivity contribution in [3.05, 3.63) is 66.0 Å². The smallest absolute Gasteiger partial charge is 0.261 e. The summed E-state index contributed by atoms with van der Waals surface area (Å²) in [5.41, 5.74) is 1.09. The maximum absolute atomic E-state index is 13.9. The lowest BCUT2D eigenvalue weighted by Gasteiger charge is -2.32. The zero-order valence-corrected chi connectivity index (χ0v) is 18.8. The van der Waals surface area contributed by atoms with E-state index in [0.29, 0.717) is 19.4 Å². The Morgan fingerprint density at radius 1 is 1.06 bits per heavy atom. The number of nitrogens with one attached hydrogen (secondary N) is 1. The molecule has 32 heavy (non-hydrogen) atoms. The van der Waals surface area contributed by atoms with Gasteiger partial charge in [-0.1, -0.05) is 68.7 Å². The molecule has 2 aromatic rings. The molecule has 0 spiro atoms. The van der Waals surface area contributed by atoms with E-state index in [9.17, 15) is 14.0 Å². The van der Waals surface area contributed by atoms with Gasteiger partial charge in [0.15, 0.2) is 18.2 Å². The number of amides is 2. The molecular formula is C26H33FN2O3. The Balaban J connectivity index is 1.70. The molecule has 2 aromatic carbocycles. The minimum atomic E-state index is -0.586. The predicted octanol–water partition coefficient (Wildman–Crippen LogP) is 4.50. The van der Waals surface area contributed by atoms with Gasteiger partial charge in [-0.2, -0.15) is 0 Å². The van der Waals surface area contributed by atoms with Gasteiger partial charge in [-0.25, -0.2) is 4.39 Å². The number of hydrogen-bond acceptors (Lipinski definition) is 3. The molecular weight excluding hydrogens is 407 g/mol. The Kier molecular flexibility index (Phi) is 9.08. The summed E-state index contributed by atoms with van der Waals surface area (Å²) in [7, 11) is 0. The second kappa shape index (κ2) is 12.2. The van der Waals surface area contributed by atoms with E-state index in [2.05, 4.69) is 5.32 Å². The molecule has 0 unspecified atom stereocenters. The fraction of sp³-hybridized carbons (Fsp3) is 0.462. The molecule has 5 nitrogen and oxygen atoms in total. The van der Waals surface area contributed by atoms with Crippen LogP contribution in [0.5, 0.6) is 5.75 Å². The highest BCUT2D eigenvalue weighted by Gasteiger charge is 2.30. The minimum Gasteiger partial charge on any atom is -0.481 e. The molecule has 2 amide bonds. The lowest BCUT2D eigenvalue weighted by atomic mass is 9.95. The monoisotopic (exact) mass is 440 g/mol. The van der Waals surface area contributed by atoms with E-state index in [-0.39, 0.29) is 30.2 Å². The summed E-state index contributed by atoms with van der Waals surface area (Å²) in [5.74, 6) is -0.927. The quantitative estimate of drug-likeness (QED) is 0.592. The molecule has 1 aliphatic carbocycles. The zero-order chi connectivity index (χ0) is 22.8. The highest BCUT2D eigenvalue weighted by molar-refractivity contribution is 5.88. The second-order valence-corrected chi connectivity index (χ2v) is 8.31. The van der Waals surface area contributed by atoms with Crippen molar-refractivity contribution in [2.75, 3.05) is 13.2 Å². The zero-order valence-electron chi connectivity index (χ0n) is 18.8. The van der Waals surface area contributed by atoms with Gasteiger partial charge in [0.2, 0.25) is 5.91 Å². The summed E-state index contributed by atoms with van der Waals surface area (Å²) in [6.07, 6.45) is 6.54. The van der Waals surface area contributed by atoms with Crippen molar-refractivity contribution >= 4 is 11.8 Å². The van der Waals surface area contributed by atoms with Crippen LogP contribution in [0.3, 0.4) is 0 Å². The topological polar surface area (TPSA) is 58.6 Å². The van der Waals surface area contributed by atoms with Crippen LogP contribution < -0.4 is 10.1 Å². The number of nitrogens with zero attached hydrogens (tertiary/aromatic N) is 1. The number of ether oxygens (including phenoxy) is 1. The summed E-state index contributed by atoms with van der Waals surface area (Å²) >= 11 is 0. The predicted molar refractivity (Wildman–Crippen MR) is 123 cm³/mol. The van der Waals surface area contributed by atoms with Gasteiger partial charge in [0.1, 0.15) is 6.04 Å². The average molecular weight is 441 g/mol. The first kappa shape index (κ1) is 23.8. The number of carbonyl (C=O) groups excluding carboxylic acids is 2. The lowest BCUT2D eigenvalue weighted by Crippen LogP contribution is -2.53. The maximum Gasteiger partial charge on any atom is 0.261 e. The normalized spacial score (nSPS) is 15.1. The van der Waals surface area contributed by atoms with Crippen LogP contribution in [0.4, 0.5) is 4.39 Å². The van der Waals surface area contributed by atoms with Crippen LogP contribution >= 0.6 is 0 Å². The standard InChI is InChI=1S/C26H33FN2O3/c1-2-23(26(31)28-21-13-7-4-8-14-21)29(18-17-20-11-5-3-6-12-20)25(30)19-32-24-16-10-9-15-22(24)27/h3,5-6,9-12,15-16,21,23H,2,4,7-8,13-14,17-19H2,1H3,(H,28,31)/t23-/m0/s1.